The van der Waals surface area contributed by atoms with E-state index in [1.54, 1.807) is 6.92 Å². The summed E-state index contributed by atoms with van der Waals surface area (Å²) in [6, 6.07) is 0. The summed E-state index contributed by atoms with van der Waals surface area (Å²) in [4.78, 5) is 10.9. The van der Waals surface area contributed by atoms with Crippen molar-refractivity contribution in [2.75, 3.05) is 0 Å². The molecule has 2 fully saturated rings. The highest BCUT2D eigenvalue weighted by atomic mass is 16.4. The molecule has 2 aliphatic rings. The molecule has 2 saturated carbocycles. The van der Waals surface area contributed by atoms with Gasteiger partial charge in [-0.1, -0.05) is 13.0 Å². The maximum atomic E-state index is 10.9. The molecule has 0 spiro atoms. The van der Waals surface area contributed by atoms with Gasteiger partial charge in [-0.2, -0.15) is 0 Å². The fourth-order valence-electron chi connectivity index (χ4n) is 3.75. The predicted molar refractivity (Wildman–Crippen MR) is 65.5 cm³/mol. The lowest BCUT2D eigenvalue weighted by molar-refractivity contribution is -0.132. The van der Waals surface area contributed by atoms with E-state index >= 15 is 0 Å². The third-order valence-electron chi connectivity index (χ3n) is 4.72. The number of hydrogen-bond acceptors (Lipinski definition) is 2. The van der Waals surface area contributed by atoms with Crippen molar-refractivity contribution in [3.63, 3.8) is 0 Å². The Morgan fingerprint density at radius 3 is 2.59 bits per heavy atom. The van der Waals surface area contributed by atoms with Gasteiger partial charge in [-0.25, -0.2) is 4.79 Å². The van der Waals surface area contributed by atoms with Crippen molar-refractivity contribution in [1.82, 2.24) is 0 Å². The third kappa shape index (κ3) is 2.39. The molecule has 3 heteroatoms. The van der Waals surface area contributed by atoms with E-state index in [1.807, 2.05) is 6.08 Å². The van der Waals surface area contributed by atoms with Crippen LogP contribution in [0.15, 0.2) is 11.6 Å². The Kier molecular flexibility index (Phi) is 3.57. The summed E-state index contributed by atoms with van der Waals surface area (Å²) in [5, 5.41) is 19.0. The topological polar surface area (TPSA) is 57.5 Å². The van der Waals surface area contributed by atoms with E-state index in [9.17, 15) is 9.90 Å². The van der Waals surface area contributed by atoms with Gasteiger partial charge in [0.1, 0.15) is 0 Å². The van der Waals surface area contributed by atoms with E-state index in [0.717, 1.165) is 25.7 Å². The van der Waals surface area contributed by atoms with E-state index in [1.165, 1.54) is 0 Å². The first-order valence-corrected chi connectivity index (χ1v) is 6.60. The monoisotopic (exact) mass is 238 g/mol. The van der Waals surface area contributed by atoms with Crippen LogP contribution < -0.4 is 0 Å². The first-order valence-electron chi connectivity index (χ1n) is 6.60. The minimum Gasteiger partial charge on any atom is -0.478 e. The van der Waals surface area contributed by atoms with Crippen LogP contribution in [0.2, 0.25) is 0 Å². The molecule has 5 atom stereocenters. The van der Waals surface area contributed by atoms with Gasteiger partial charge in [-0.15, -0.1) is 0 Å². The van der Waals surface area contributed by atoms with Crippen LogP contribution in [0, 0.1) is 23.7 Å². The maximum Gasteiger partial charge on any atom is 0.330 e. The van der Waals surface area contributed by atoms with Crippen LogP contribution in [0.3, 0.4) is 0 Å². The van der Waals surface area contributed by atoms with E-state index in [0.29, 0.717) is 17.4 Å². The molecular weight excluding hydrogens is 216 g/mol. The van der Waals surface area contributed by atoms with Crippen LogP contribution in [0.25, 0.3) is 0 Å². The van der Waals surface area contributed by atoms with Gasteiger partial charge in [0.25, 0.3) is 0 Å². The Balaban J connectivity index is 2.18. The lowest BCUT2D eigenvalue weighted by atomic mass is 9.68. The van der Waals surface area contributed by atoms with Crippen molar-refractivity contribution in [1.29, 1.82) is 0 Å². The molecule has 0 saturated heterocycles. The fraction of sp³-hybridized carbons (Fsp3) is 0.786. The summed E-state index contributed by atoms with van der Waals surface area (Å²) in [6.07, 6.45) is 5.80. The van der Waals surface area contributed by atoms with E-state index in [-0.39, 0.29) is 17.9 Å². The van der Waals surface area contributed by atoms with Crippen LogP contribution in [-0.4, -0.2) is 22.3 Å². The third-order valence-corrected chi connectivity index (χ3v) is 4.72. The molecule has 2 N–H and O–H groups in total. The predicted octanol–water partition coefficient (Wildman–Crippen LogP) is 2.45. The van der Waals surface area contributed by atoms with Gasteiger partial charge < -0.3 is 10.2 Å². The van der Waals surface area contributed by atoms with Crippen molar-refractivity contribution in [2.24, 2.45) is 23.7 Å². The van der Waals surface area contributed by atoms with Crippen molar-refractivity contribution < 1.29 is 15.0 Å². The van der Waals surface area contributed by atoms with Crippen LogP contribution in [0.4, 0.5) is 0 Å². The summed E-state index contributed by atoms with van der Waals surface area (Å²) in [7, 11) is 0. The molecule has 0 aromatic heterocycles. The Labute approximate surface area is 103 Å². The highest BCUT2D eigenvalue weighted by Crippen LogP contribution is 2.48. The number of hydrogen-bond donors (Lipinski definition) is 2. The van der Waals surface area contributed by atoms with Gasteiger partial charge in [0.2, 0.25) is 0 Å². The zero-order valence-corrected chi connectivity index (χ0v) is 10.6. The Hall–Kier alpha value is -0.830. The maximum absolute atomic E-state index is 10.9. The van der Waals surface area contributed by atoms with Crippen LogP contribution in [0.1, 0.15) is 39.5 Å². The average molecular weight is 238 g/mol. The summed E-state index contributed by atoms with van der Waals surface area (Å²) in [5.41, 5.74) is 0.419. The summed E-state index contributed by atoms with van der Waals surface area (Å²) >= 11 is 0. The molecule has 1 unspecified atom stereocenters. The largest absolute Gasteiger partial charge is 0.478 e. The number of aliphatic hydroxyl groups is 1. The second-order valence-corrected chi connectivity index (χ2v) is 5.76. The molecule has 0 bridgehead atoms. The number of aliphatic carboxylic acids is 1. The van der Waals surface area contributed by atoms with Crippen molar-refractivity contribution >= 4 is 5.97 Å². The number of carboxylic acid groups (broad SMARTS) is 1. The minimum atomic E-state index is -0.840. The second kappa shape index (κ2) is 4.81. The van der Waals surface area contributed by atoms with Crippen molar-refractivity contribution in [3.05, 3.63) is 11.6 Å². The van der Waals surface area contributed by atoms with E-state index in [2.05, 4.69) is 6.92 Å². The number of rotatable bonds is 2. The Morgan fingerprint density at radius 2 is 1.94 bits per heavy atom. The number of carboxylic acids is 1. The Bertz CT molecular complexity index is 334. The Morgan fingerprint density at radius 1 is 1.24 bits per heavy atom. The van der Waals surface area contributed by atoms with Crippen LogP contribution >= 0.6 is 0 Å². The average Bonchev–Trinajstić information content (AvgIpc) is 2.66. The minimum absolute atomic E-state index is 0.231. The molecule has 0 heterocycles. The molecule has 2 rings (SSSR count). The van der Waals surface area contributed by atoms with Gasteiger partial charge >= 0.3 is 5.97 Å². The number of carbonyl (C=O) groups is 1. The molecule has 17 heavy (non-hydrogen) atoms. The summed E-state index contributed by atoms with van der Waals surface area (Å²) < 4.78 is 0. The SMILES string of the molecule is C/C(=C\[C@@H]1CCC(C)[C@H]2CC[C@H](O)[C@H]12)C(=O)O. The van der Waals surface area contributed by atoms with Crippen LogP contribution in [-0.2, 0) is 4.79 Å². The van der Waals surface area contributed by atoms with E-state index in [4.69, 9.17) is 5.11 Å². The molecular formula is C14H22O3. The van der Waals surface area contributed by atoms with E-state index < -0.39 is 5.97 Å². The molecule has 0 aromatic carbocycles. The van der Waals surface area contributed by atoms with Gasteiger partial charge in [-0.05, 0) is 56.3 Å². The van der Waals surface area contributed by atoms with Gasteiger partial charge in [0.15, 0.2) is 0 Å². The fourth-order valence-corrected chi connectivity index (χ4v) is 3.75. The quantitative estimate of drug-likeness (QED) is 0.726. The smallest absolute Gasteiger partial charge is 0.330 e. The molecule has 0 amide bonds. The summed E-state index contributed by atoms with van der Waals surface area (Å²) in [6.45, 7) is 3.91. The van der Waals surface area contributed by atoms with Gasteiger partial charge in [0, 0.05) is 5.57 Å². The first-order chi connectivity index (χ1) is 8.00. The normalized spacial score (nSPS) is 42.3. The molecule has 3 nitrogen and oxygen atoms in total. The highest BCUT2D eigenvalue weighted by molar-refractivity contribution is 5.85. The van der Waals surface area contributed by atoms with Crippen molar-refractivity contribution in [3.8, 4) is 0 Å². The lowest BCUT2D eigenvalue weighted by Crippen LogP contribution is -2.34. The highest BCUT2D eigenvalue weighted by Gasteiger charge is 2.44. The van der Waals surface area contributed by atoms with Crippen molar-refractivity contribution in [2.45, 2.75) is 45.6 Å². The summed E-state index contributed by atoms with van der Waals surface area (Å²) in [5.74, 6) is 0.957. The van der Waals surface area contributed by atoms with Gasteiger partial charge in [-0.3, -0.25) is 0 Å². The first kappa shape index (κ1) is 12.6. The second-order valence-electron chi connectivity index (χ2n) is 5.76. The van der Waals surface area contributed by atoms with Gasteiger partial charge in [0.05, 0.1) is 6.10 Å². The molecule has 0 aliphatic heterocycles. The molecule has 2 aliphatic carbocycles. The number of fused-ring (bicyclic) bond motifs is 1. The molecule has 0 radical (unpaired) electrons. The number of aliphatic hydroxyl groups excluding tert-OH is 1. The number of allylic oxidation sites excluding steroid dienone is 1. The zero-order valence-electron chi connectivity index (χ0n) is 10.6. The molecule has 0 aromatic rings. The standard InChI is InChI=1S/C14H22O3/c1-8-3-4-10(7-9(2)14(16)17)13-11(8)5-6-12(13)15/h7-8,10-13,15H,3-6H2,1-2H3,(H,16,17)/b9-7+/t8?,10-,11+,12-,13+/m0/s1. The lowest BCUT2D eigenvalue weighted by Gasteiger charge is -2.38. The van der Waals surface area contributed by atoms with Crippen LogP contribution in [0.5, 0.6) is 0 Å². The molecule has 96 valence electrons. The zero-order chi connectivity index (χ0) is 12.6.